The lowest BCUT2D eigenvalue weighted by Crippen LogP contribution is -2.20. The fourth-order valence-corrected chi connectivity index (χ4v) is 3.88. The Labute approximate surface area is 192 Å². The lowest BCUT2D eigenvalue weighted by atomic mass is 10.2. The molecule has 0 saturated carbocycles. The molecule has 5 rings (SSSR count). The maximum Gasteiger partial charge on any atom is 0.282 e. The molecule has 0 spiro atoms. The lowest BCUT2D eigenvalue weighted by molar-refractivity contribution is 0.616. The molecular formula is C25H19BrN4O2. The maximum absolute atomic E-state index is 13.3. The van der Waals surface area contributed by atoms with Gasteiger partial charge in [0.1, 0.15) is 5.58 Å². The molecule has 3 aromatic carbocycles. The van der Waals surface area contributed by atoms with Gasteiger partial charge in [0, 0.05) is 29.6 Å². The van der Waals surface area contributed by atoms with Crippen molar-refractivity contribution in [2.45, 2.75) is 0 Å². The quantitative estimate of drug-likeness (QED) is 0.313. The first kappa shape index (κ1) is 20.2. The minimum absolute atomic E-state index is 0.256. The Kier molecular flexibility index (Phi) is 5.11. The molecule has 0 unspecified atom stereocenters. The predicted octanol–water partition coefficient (Wildman–Crippen LogP) is 5.52. The second-order valence-corrected chi connectivity index (χ2v) is 8.51. The molecule has 0 aliphatic heterocycles. The summed E-state index contributed by atoms with van der Waals surface area (Å²) in [4.78, 5) is 20.0. The van der Waals surface area contributed by atoms with Crippen molar-refractivity contribution in [3.63, 3.8) is 0 Å². The summed E-state index contributed by atoms with van der Waals surface area (Å²) in [6.07, 6.45) is 1.65. The van der Waals surface area contributed by atoms with Crippen LogP contribution in [0.1, 0.15) is 5.56 Å². The average molecular weight is 487 g/mol. The summed E-state index contributed by atoms with van der Waals surface area (Å²) >= 11 is 3.48. The van der Waals surface area contributed by atoms with Crippen molar-refractivity contribution in [1.82, 2.24) is 9.66 Å². The number of furan rings is 1. The summed E-state index contributed by atoms with van der Waals surface area (Å²) in [5.41, 5.74) is 3.00. The highest BCUT2D eigenvalue weighted by Crippen LogP contribution is 2.29. The third-order valence-corrected chi connectivity index (χ3v) is 5.68. The van der Waals surface area contributed by atoms with Crippen LogP contribution in [0.4, 0.5) is 5.69 Å². The molecule has 0 atom stereocenters. The second kappa shape index (κ2) is 8.09. The number of halogens is 1. The van der Waals surface area contributed by atoms with E-state index in [1.807, 2.05) is 85.7 Å². The van der Waals surface area contributed by atoms with Crippen molar-refractivity contribution in [2.75, 3.05) is 19.0 Å². The van der Waals surface area contributed by atoms with Crippen molar-refractivity contribution in [2.24, 2.45) is 5.10 Å². The topological polar surface area (TPSA) is 63.6 Å². The van der Waals surface area contributed by atoms with Gasteiger partial charge < -0.3 is 9.32 Å². The van der Waals surface area contributed by atoms with Crippen LogP contribution in [0.2, 0.25) is 0 Å². The summed E-state index contributed by atoms with van der Waals surface area (Å²) in [5.74, 6) is 0.822. The number of anilines is 1. The molecular weight excluding hydrogens is 468 g/mol. The Morgan fingerprint density at radius 2 is 1.81 bits per heavy atom. The molecule has 0 aliphatic carbocycles. The van der Waals surface area contributed by atoms with Crippen molar-refractivity contribution < 1.29 is 4.42 Å². The average Bonchev–Trinajstić information content (AvgIpc) is 3.21. The van der Waals surface area contributed by atoms with Gasteiger partial charge in [0.15, 0.2) is 5.76 Å². The van der Waals surface area contributed by atoms with E-state index in [1.165, 1.54) is 4.68 Å². The smallest absolute Gasteiger partial charge is 0.282 e. The van der Waals surface area contributed by atoms with Gasteiger partial charge in [-0.3, -0.25) is 4.79 Å². The molecule has 0 radical (unpaired) electrons. The standard InChI is InChI=1S/C25H19BrN4O2/c1-29(2)19-10-7-16(8-11-19)15-27-30-24(28-21-6-4-3-5-20(21)25(30)31)23-14-17-13-18(26)9-12-22(17)32-23/h3-15H,1-2H3. The Bertz CT molecular complexity index is 1530. The molecule has 0 saturated heterocycles. The third-order valence-electron chi connectivity index (χ3n) is 5.18. The number of benzene rings is 3. The number of nitrogens with zero attached hydrogens (tertiary/aromatic N) is 4. The monoisotopic (exact) mass is 486 g/mol. The zero-order valence-electron chi connectivity index (χ0n) is 17.5. The Hall–Kier alpha value is -3.71. The van der Waals surface area contributed by atoms with E-state index in [2.05, 4.69) is 21.0 Å². The van der Waals surface area contributed by atoms with Crippen LogP contribution >= 0.6 is 15.9 Å². The van der Waals surface area contributed by atoms with E-state index in [-0.39, 0.29) is 5.56 Å². The van der Waals surface area contributed by atoms with Gasteiger partial charge in [-0.15, -0.1) is 0 Å². The Morgan fingerprint density at radius 1 is 1.03 bits per heavy atom. The first-order chi connectivity index (χ1) is 15.5. The SMILES string of the molecule is CN(C)c1ccc(C=Nn2c(-c3cc4cc(Br)ccc4o3)nc3ccccc3c2=O)cc1. The first-order valence-corrected chi connectivity index (χ1v) is 10.8. The van der Waals surface area contributed by atoms with E-state index >= 15 is 0 Å². The fourth-order valence-electron chi connectivity index (χ4n) is 3.50. The number of para-hydroxylation sites is 1. The van der Waals surface area contributed by atoms with Crippen LogP contribution in [0.5, 0.6) is 0 Å². The number of hydrogen-bond acceptors (Lipinski definition) is 5. The van der Waals surface area contributed by atoms with E-state index in [0.29, 0.717) is 28.1 Å². The number of hydrogen-bond donors (Lipinski definition) is 0. The summed E-state index contributed by atoms with van der Waals surface area (Å²) in [6, 6.07) is 22.8. The Balaban J connectivity index is 1.67. The van der Waals surface area contributed by atoms with Crippen molar-refractivity contribution in [1.29, 1.82) is 0 Å². The van der Waals surface area contributed by atoms with Crippen molar-refractivity contribution in [3.8, 4) is 11.6 Å². The van der Waals surface area contributed by atoms with Gasteiger partial charge in [-0.2, -0.15) is 9.78 Å². The fraction of sp³-hybridized carbons (Fsp3) is 0.0800. The molecule has 0 aliphatic rings. The molecule has 6 nitrogen and oxygen atoms in total. The van der Waals surface area contributed by atoms with Crippen LogP contribution in [0.3, 0.4) is 0 Å². The van der Waals surface area contributed by atoms with Crippen LogP contribution in [-0.2, 0) is 0 Å². The van der Waals surface area contributed by atoms with E-state index in [1.54, 1.807) is 12.3 Å². The maximum atomic E-state index is 13.3. The third kappa shape index (κ3) is 3.71. The summed E-state index contributed by atoms with van der Waals surface area (Å²) in [5, 5.41) is 5.90. The van der Waals surface area contributed by atoms with E-state index < -0.39 is 0 Å². The normalized spacial score (nSPS) is 11.6. The highest BCUT2D eigenvalue weighted by molar-refractivity contribution is 9.10. The van der Waals surface area contributed by atoms with Gasteiger partial charge in [0.2, 0.25) is 5.82 Å². The van der Waals surface area contributed by atoms with Crippen molar-refractivity contribution >= 4 is 49.7 Å². The highest BCUT2D eigenvalue weighted by atomic mass is 79.9. The molecule has 7 heteroatoms. The minimum Gasteiger partial charge on any atom is -0.453 e. The molecule has 2 heterocycles. The lowest BCUT2D eigenvalue weighted by Gasteiger charge is -2.11. The zero-order valence-corrected chi connectivity index (χ0v) is 19.1. The molecule has 0 bridgehead atoms. The Morgan fingerprint density at radius 3 is 2.59 bits per heavy atom. The minimum atomic E-state index is -0.256. The molecule has 0 fully saturated rings. The van der Waals surface area contributed by atoms with Crippen LogP contribution in [0.15, 0.2) is 91.6 Å². The molecule has 32 heavy (non-hydrogen) atoms. The predicted molar refractivity (Wildman–Crippen MR) is 133 cm³/mol. The molecule has 0 amide bonds. The number of rotatable bonds is 4. The van der Waals surface area contributed by atoms with Crippen LogP contribution in [-0.4, -0.2) is 30.0 Å². The van der Waals surface area contributed by atoms with Crippen molar-refractivity contribution in [3.05, 3.63) is 93.2 Å². The van der Waals surface area contributed by atoms with Gasteiger partial charge in [-0.1, -0.05) is 40.2 Å². The van der Waals surface area contributed by atoms with Gasteiger partial charge >= 0.3 is 0 Å². The van der Waals surface area contributed by atoms with Gasteiger partial charge in [-0.25, -0.2) is 4.98 Å². The number of aromatic nitrogens is 2. The summed E-state index contributed by atoms with van der Waals surface area (Å²) < 4.78 is 8.27. The van der Waals surface area contributed by atoms with E-state index in [9.17, 15) is 4.79 Å². The van der Waals surface area contributed by atoms with Crippen LogP contribution in [0, 0.1) is 0 Å². The van der Waals surface area contributed by atoms with Gasteiger partial charge in [0.05, 0.1) is 17.1 Å². The van der Waals surface area contributed by atoms with Crippen LogP contribution in [0.25, 0.3) is 33.5 Å². The van der Waals surface area contributed by atoms with Crippen LogP contribution < -0.4 is 10.5 Å². The largest absolute Gasteiger partial charge is 0.453 e. The first-order valence-electron chi connectivity index (χ1n) is 10.0. The van der Waals surface area contributed by atoms with E-state index in [0.717, 1.165) is 21.1 Å². The molecule has 5 aromatic rings. The summed E-state index contributed by atoms with van der Waals surface area (Å²) in [7, 11) is 3.98. The second-order valence-electron chi connectivity index (χ2n) is 7.59. The molecule has 158 valence electrons. The van der Waals surface area contributed by atoms with E-state index in [4.69, 9.17) is 9.40 Å². The zero-order chi connectivity index (χ0) is 22.2. The highest BCUT2D eigenvalue weighted by Gasteiger charge is 2.16. The van der Waals surface area contributed by atoms with Gasteiger partial charge in [0.25, 0.3) is 5.56 Å². The summed E-state index contributed by atoms with van der Waals surface area (Å²) in [6.45, 7) is 0. The van der Waals surface area contributed by atoms with Gasteiger partial charge in [-0.05, 0) is 54.1 Å². The molecule has 0 N–H and O–H groups in total. The molecule has 2 aromatic heterocycles. The number of fused-ring (bicyclic) bond motifs is 2.